The highest BCUT2D eigenvalue weighted by Gasteiger charge is 2.26. The highest BCUT2D eigenvalue weighted by Crippen LogP contribution is 2.22. The van der Waals surface area contributed by atoms with Gasteiger partial charge in [0.1, 0.15) is 22.9 Å². The topological polar surface area (TPSA) is 58.5 Å². The molecule has 0 aliphatic rings. The summed E-state index contributed by atoms with van der Waals surface area (Å²) in [4.78, 5) is 0. The Morgan fingerprint density at radius 2 is 2.06 bits per heavy atom. The molecule has 4 heteroatoms. The largest absolute Gasteiger partial charge is 0.468 e. The first-order valence-corrected chi connectivity index (χ1v) is 6.02. The molecule has 0 fully saturated rings. The molecule has 18 heavy (non-hydrogen) atoms. The fraction of sp³-hybridized carbons (Fsp3) is 0.429. The van der Waals surface area contributed by atoms with Gasteiger partial charge in [0.25, 0.3) is 0 Å². The normalized spacial score (nSPS) is 14.7. The molecule has 0 amide bonds. The van der Waals surface area contributed by atoms with Crippen molar-refractivity contribution in [1.29, 1.82) is 0 Å². The molecule has 1 unspecified atom stereocenters. The average molecular weight is 249 g/mol. The quantitative estimate of drug-likeness (QED) is 0.854. The van der Waals surface area contributed by atoms with E-state index in [0.717, 1.165) is 17.1 Å². The average Bonchev–Trinajstić information content (AvgIpc) is 2.89. The molecule has 2 rings (SSSR count). The van der Waals surface area contributed by atoms with Crippen molar-refractivity contribution in [3.63, 3.8) is 0 Å². The molecule has 0 saturated carbocycles. The van der Waals surface area contributed by atoms with E-state index < -0.39 is 5.60 Å². The van der Waals surface area contributed by atoms with E-state index in [2.05, 4.69) is 5.32 Å². The van der Waals surface area contributed by atoms with Crippen molar-refractivity contribution in [2.24, 2.45) is 0 Å². The summed E-state index contributed by atoms with van der Waals surface area (Å²) in [6.45, 7) is 6.58. The summed E-state index contributed by atoms with van der Waals surface area (Å²) in [5.74, 6) is 2.26. The van der Waals surface area contributed by atoms with Crippen LogP contribution in [0.3, 0.4) is 0 Å². The van der Waals surface area contributed by atoms with Gasteiger partial charge in [0.2, 0.25) is 0 Å². The van der Waals surface area contributed by atoms with Gasteiger partial charge in [-0.25, -0.2) is 0 Å². The van der Waals surface area contributed by atoms with E-state index in [1.165, 1.54) is 0 Å². The maximum Gasteiger partial charge on any atom is 0.136 e. The van der Waals surface area contributed by atoms with Crippen molar-refractivity contribution < 1.29 is 13.9 Å². The van der Waals surface area contributed by atoms with Crippen LogP contribution in [0, 0.1) is 13.8 Å². The molecule has 2 N–H and O–H groups in total. The lowest BCUT2D eigenvalue weighted by molar-refractivity contribution is 0.0329. The van der Waals surface area contributed by atoms with Gasteiger partial charge in [-0.05, 0) is 44.5 Å². The molecule has 2 aromatic heterocycles. The third-order valence-electron chi connectivity index (χ3n) is 2.99. The van der Waals surface area contributed by atoms with Gasteiger partial charge in [-0.3, -0.25) is 0 Å². The molecule has 0 aromatic carbocycles. The van der Waals surface area contributed by atoms with Crippen LogP contribution in [0.1, 0.15) is 29.8 Å². The second-order valence-electron chi connectivity index (χ2n) is 4.81. The lowest BCUT2D eigenvalue weighted by Crippen LogP contribution is -2.34. The number of aryl methyl sites for hydroxylation is 2. The van der Waals surface area contributed by atoms with E-state index >= 15 is 0 Å². The Bertz CT molecular complexity index is 511. The summed E-state index contributed by atoms with van der Waals surface area (Å²) in [6, 6.07) is 5.57. The molecular weight excluding hydrogens is 230 g/mol. The molecule has 0 spiro atoms. The van der Waals surface area contributed by atoms with Gasteiger partial charge >= 0.3 is 0 Å². The van der Waals surface area contributed by atoms with Crippen molar-refractivity contribution in [2.45, 2.75) is 32.9 Å². The third-order valence-corrected chi connectivity index (χ3v) is 2.99. The van der Waals surface area contributed by atoms with E-state index in [-0.39, 0.29) is 0 Å². The number of hydrogen-bond acceptors (Lipinski definition) is 4. The van der Waals surface area contributed by atoms with Gasteiger partial charge in [0.05, 0.1) is 12.8 Å². The van der Waals surface area contributed by atoms with Crippen LogP contribution in [-0.4, -0.2) is 11.7 Å². The molecule has 0 saturated heterocycles. The lowest BCUT2D eigenvalue weighted by atomic mass is 10.0. The van der Waals surface area contributed by atoms with Gasteiger partial charge in [-0.1, -0.05) is 0 Å². The molecule has 2 aromatic rings. The summed E-state index contributed by atoms with van der Waals surface area (Å²) < 4.78 is 10.8. The Balaban J connectivity index is 1.91. The highest BCUT2D eigenvalue weighted by molar-refractivity contribution is 5.15. The monoisotopic (exact) mass is 249 g/mol. The van der Waals surface area contributed by atoms with Crippen molar-refractivity contribution in [1.82, 2.24) is 5.32 Å². The van der Waals surface area contributed by atoms with Gasteiger partial charge in [0.15, 0.2) is 0 Å². The number of rotatable bonds is 5. The molecule has 1 atom stereocenters. The predicted octanol–water partition coefficient (Wildman–Crippen LogP) is 2.49. The molecule has 0 bridgehead atoms. The van der Waals surface area contributed by atoms with Crippen LogP contribution >= 0.6 is 0 Å². The summed E-state index contributed by atoms with van der Waals surface area (Å²) in [6.07, 6.45) is 1.67. The highest BCUT2D eigenvalue weighted by atomic mass is 16.4. The van der Waals surface area contributed by atoms with E-state index in [1.54, 1.807) is 19.3 Å². The Kier molecular flexibility index (Phi) is 3.59. The van der Waals surface area contributed by atoms with Gasteiger partial charge in [0, 0.05) is 6.54 Å². The number of aliphatic hydroxyl groups is 1. The summed E-state index contributed by atoms with van der Waals surface area (Å²) >= 11 is 0. The second-order valence-corrected chi connectivity index (χ2v) is 4.81. The second kappa shape index (κ2) is 5.00. The molecular formula is C14H19NO3. The van der Waals surface area contributed by atoms with Crippen molar-refractivity contribution in [2.75, 3.05) is 6.54 Å². The molecule has 4 nitrogen and oxygen atoms in total. The first-order chi connectivity index (χ1) is 8.49. The predicted molar refractivity (Wildman–Crippen MR) is 68.2 cm³/mol. The maximum absolute atomic E-state index is 10.3. The third kappa shape index (κ3) is 2.83. The van der Waals surface area contributed by atoms with Crippen molar-refractivity contribution in [3.8, 4) is 0 Å². The molecule has 0 aliphatic carbocycles. The van der Waals surface area contributed by atoms with E-state index in [1.807, 2.05) is 26.0 Å². The van der Waals surface area contributed by atoms with E-state index in [9.17, 15) is 5.11 Å². The Labute approximate surface area is 107 Å². The number of nitrogens with one attached hydrogen (secondary N) is 1. The minimum atomic E-state index is -1.02. The van der Waals surface area contributed by atoms with E-state index in [0.29, 0.717) is 18.8 Å². The zero-order valence-electron chi connectivity index (χ0n) is 11.0. The van der Waals surface area contributed by atoms with Crippen molar-refractivity contribution >= 4 is 0 Å². The van der Waals surface area contributed by atoms with Crippen LogP contribution in [0.25, 0.3) is 0 Å². The minimum absolute atomic E-state index is 0.403. The van der Waals surface area contributed by atoms with Crippen LogP contribution in [0.15, 0.2) is 33.3 Å². The molecule has 98 valence electrons. The van der Waals surface area contributed by atoms with Crippen LogP contribution in [0.2, 0.25) is 0 Å². The van der Waals surface area contributed by atoms with Crippen LogP contribution in [0.5, 0.6) is 0 Å². The van der Waals surface area contributed by atoms with Gasteiger partial charge in [-0.2, -0.15) is 0 Å². The summed E-state index contributed by atoms with van der Waals surface area (Å²) in [7, 11) is 0. The first kappa shape index (κ1) is 12.9. The fourth-order valence-electron chi connectivity index (χ4n) is 1.82. The Morgan fingerprint density at radius 1 is 1.28 bits per heavy atom. The standard InChI is InChI=1S/C14H19NO3/c1-10-6-7-17-12(10)8-15-9-14(3,16)13-5-4-11(2)18-13/h4-7,15-16H,8-9H2,1-3H3. The first-order valence-electron chi connectivity index (χ1n) is 6.02. The molecule has 2 heterocycles. The smallest absolute Gasteiger partial charge is 0.136 e. The van der Waals surface area contributed by atoms with E-state index in [4.69, 9.17) is 8.83 Å². The van der Waals surface area contributed by atoms with Gasteiger partial charge in [-0.15, -0.1) is 0 Å². The zero-order valence-corrected chi connectivity index (χ0v) is 11.0. The lowest BCUT2D eigenvalue weighted by Gasteiger charge is -2.21. The zero-order chi connectivity index (χ0) is 13.2. The Morgan fingerprint density at radius 3 is 2.61 bits per heavy atom. The van der Waals surface area contributed by atoms with Crippen LogP contribution < -0.4 is 5.32 Å². The van der Waals surface area contributed by atoms with Gasteiger partial charge < -0.3 is 19.3 Å². The molecule has 0 aliphatic heterocycles. The summed E-state index contributed by atoms with van der Waals surface area (Å²) in [5, 5.41) is 13.5. The summed E-state index contributed by atoms with van der Waals surface area (Å²) in [5.41, 5.74) is 0.0883. The fourth-order valence-corrected chi connectivity index (χ4v) is 1.82. The maximum atomic E-state index is 10.3. The number of furan rings is 2. The SMILES string of the molecule is Cc1ccc(C(C)(O)CNCc2occc2C)o1. The number of hydrogen-bond donors (Lipinski definition) is 2. The van der Waals surface area contributed by atoms with Crippen LogP contribution in [-0.2, 0) is 12.1 Å². The Hall–Kier alpha value is -1.52. The van der Waals surface area contributed by atoms with Crippen molar-refractivity contribution in [3.05, 3.63) is 47.3 Å². The molecule has 0 radical (unpaired) electrons. The van der Waals surface area contributed by atoms with Crippen LogP contribution in [0.4, 0.5) is 0 Å². The minimum Gasteiger partial charge on any atom is -0.468 e.